The summed E-state index contributed by atoms with van der Waals surface area (Å²) >= 11 is 0. The van der Waals surface area contributed by atoms with Gasteiger partial charge in [-0.05, 0) is 31.0 Å². The molecule has 0 saturated carbocycles. The summed E-state index contributed by atoms with van der Waals surface area (Å²) < 4.78 is 49.6. The van der Waals surface area contributed by atoms with Crippen LogP contribution in [0.1, 0.15) is 12.8 Å². The van der Waals surface area contributed by atoms with Gasteiger partial charge in [0.1, 0.15) is 5.75 Å². The number of nitrogen functional groups attached to an aromatic ring is 1. The number of nitrogens with one attached hydrogen (secondary N) is 1. The Hall–Kier alpha value is -1.32. The summed E-state index contributed by atoms with van der Waals surface area (Å²) in [6.07, 6.45) is 1.02. The first-order chi connectivity index (χ1) is 9.22. The number of nitrogens with two attached hydrogens (primary N) is 1. The van der Waals surface area contributed by atoms with Crippen LogP contribution in [0.4, 0.5) is 5.69 Å². The van der Waals surface area contributed by atoms with Crippen molar-refractivity contribution in [1.29, 1.82) is 0 Å². The standard InChI is InChI=1S/C11H16N2O5S2/c12-10-6-8(3-4-11(10)14)20(17,18)13-7-9-2-1-5-19(9,15)16/h3-4,6,9,13-14H,1-2,5,7,12H2. The highest BCUT2D eigenvalue weighted by molar-refractivity contribution is 7.92. The first-order valence-electron chi connectivity index (χ1n) is 6.02. The van der Waals surface area contributed by atoms with E-state index in [-0.39, 0.29) is 28.6 Å². The van der Waals surface area contributed by atoms with Crippen molar-refractivity contribution in [1.82, 2.24) is 4.72 Å². The van der Waals surface area contributed by atoms with Crippen LogP contribution in [0.25, 0.3) is 0 Å². The average molecular weight is 320 g/mol. The molecule has 0 spiro atoms. The molecule has 2 rings (SSSR count). The Bertz CT molecular complexity index is 712. The highest BCUT2D eigenvalue weighted by Crippen LogP contribution is 2.24. The zero-order valence-corrected chi connectivity index (χ0v) is 12.2. The molecule has 1 fully saturated rings. The molecule has 7 nitrogen and oxygen atoms in total. The Morgan fingerprint density at radius 2 is 2.10 bits per heavy atom. The number of anilines is 1. The van der Waals surface area contributed by atoms with E-state index in [1.807, 2.05) is 0 Å². The second-order valence-corrected chi connectivity index (χ2v) is 8.87. The highest BCUT2D eigenvalue weighted by Gasteiger charge is 2.32. The molecule has 0 aliphatic carbocycles. The van der Waals surface area contributed by atoms with Gasteiger partial charge in [-0.15, -0.1) is 0 Å². The van der Waals surface area contributed by atoms with Crippen LogP contribution in [0.3, 0.4) is 0 Å². The average Bonchev–Trinajstić information content (AvgIpc) is 2.69. The summed E-state index contributed by atoms with van der Waals surface area (Å²) in [6.45, 7) is -0.147. The second-order valence-electron chi connectivity index (χ2n) is 4.70. The molecule has 0 aromatic heterocycles. The smallest absolute Gasteiger partial charge is 0.240 e. The fraction of sp³-hybridized carbons (Fsp3) is 0.455. The zero-order valence-electron chi connectivity index (χ0n) is 10.6. The summed E-state index contributed by atoms with van der Waals surface area (Å²) in [5.41, 5.74) is 5.39. The van der Waals surface area contributed by atoms with Crippen molar-refractivity contribution < 1.29 is 21.9 Å². The number of phenols is 1. The molecule has 112 valence electrons. The lowest BCUT2D eigenvalue weighted by atomic mass is 10.2. The van der Waals surface area contributed by atoms with Crippen LogP contribution in [0.5, 0.6) is 5.75 Å². The molecule has 20 heavy (non-hydrogen) atoms. The van der Waals surface area contributed by atoms with E-state index in [0.717, 1.165) is 6.07 Å². The van der Waals surface area contributed by atoms with Crippen LogP contribution in [0.15, 0.2) is 23.1 Å². The summed E-state index contributed by atoms with van der Waals surface area (Å²) in [6, 6.07) is 3.51. The van der Waals surface area contributed by atoms with Crippen molar-refractivity contribution in [2.75, 3.05) is 18.0 Å². The first-order valence-corrected chi connectivity index (χ1v) is 9.22. The van der Waals surface area contributed by atoms with E-state index in [0.29, 0.717) is 12.8 Å². The number of hydrogen-bond donors (Lipinski definition) is 3. The van der Waals surface area contributed by atoms with Gasteiger partial charge in [0.15, 0.2) is 9.84 Å². The van der Waals surface area contributed by atoms with Gasteiger partial charge >= 0.3 is 0 Å². The molecule has 1 aliphatic rings. The van der Waals surface area contributed by atoms with Crippen molar-refractivity contribution in [2.24, 2.45) is 0 Å². The molecular formula is C11H16N2O5S2. The van der Waals surface area contributed by atoms with Gasteiger partial charge in [0.05, 0.1) is 21.6 Å². The number of sulfone groups is 1. The van der Waals surface area contributed by atoms with E-state index in [4.69, 9.17) is 5.73 Å². The quantitative estimate of drug-likeness (QED) is 0.522. The summed E-state index contributed by atoms with van der Waals surface area (Å²) in [7, 11) is -7.04. The van der Waals surface area contributed by atoms with Crippen LogP contribution in [0.2, 0.25) is 0 Å². The summed E-state index contributed by atoms with van der Waals surface area (Å²) in [4.78, 5) is -0.108. The Kier molecular flexibility index (Phi) is 3.94. The fourth-order valence-corrected chi connectivity index (χ4v) is 5.06. The lowest BCUT2D eigenvalue weighted by Gasteiger charge is -2.12. The summed E-state index contributed by atoms with van der Waals surface area (Å²) in [5, 5.41) is 8.59. The van der Waals surface area contributed by atoms with Gasteiger partial charge in [-0.3, -0.25) is 0 Å². The van der Waals surface area contributed by atoms with Gasteiger partial charge in [-0.1, -0.05) is 0 Å². The Balaban J connectivity index is 2.13. The van der Waals surface area contributed by atoms with Gasteiger partial charge in [0.25, 0.3) is 0 Å². The molecule has 1 atom stereocenters. The van der Waals surface area contributed by atoms with Crippen molar-refractivity contribution >= 4 is 25.5 Å². The number of aromatic hydroxyl groups is 1. The van der Waals surface area contributed by atoms with Crippen molar-refractivity contribution in [3.8, 4) is 5.75 Å². The fourth-order valence-electron chi connectivity index (χ4n) is 2.07. The molecule has 1 heterocycles. The number of rotatable bonds is 4. The molecule has 4 N–H and O–H groups in total. The minimum absolute atomic E-state index is 0.0543. The SMILES string of the molecule is Nc1cc(S(=O)(=O)NCC2CCCS2(=O)=O)ccc1O. The molecule has 0 bridgehead atoms. The maximum absolute atomic E-state index is 12.0. The predicted octanol–water partition coefficient (Wildman–Crippen LogP) is -0.170. The van der Waals surface area contributed by atoms with Gasteiger partial charge < -0.3 is 10.8 Å². The third kappa shape index (κ3) is 3.05. The lowest BCUT2D eigenvalue weighted by Crippen LogP contribution is -2.34. The van der Waals surface area contributed by atoms with Gasteiger partial charge in [-0.25, -0.2) is 21.6 Å². The van der Waals surface area contributed by atoms with Gasteiger partial charge in [0, 0.05) is 6.54 Å². The monoisotopic (exact) mass is 320 g/mol. The Morgan fingerprint density at radius 1 is 1.40 bits per heavy atom. The second kappa shape index (κ2) is 5.23. The Labute approximate surface area is 117 Å². The zero-order chi connectivity index (χ0) is 15.0. The predicted molar refractivity (Wildman–Crippen MR) is 74.5 cm³/mol. The number of hydrogen-bond acceptors (Lipinski definition) is 6. The topological polar surface area (TPSA) is 127 Å². The van der Waals surface area contributed by atoms with Crippen LogP contribution in [-0.4, -0.2) is 39.5 Å². The van der Waals surface area contributed by atoms with Crippen LogP contribution >= 0.6 is 0 Å². The highest BCUT2D eigenvalue weighted by atomic mass is 32.2. The molecule has 1 saturated heterocycles. The third-order valence-electron chi connectivity index (χ3n) is 3.27. The van der Waals surface area contributed by atoms with Crippen LogP contribution in [0, 0.1) is 0 Å². The maximum atomic E-state index is 12.0. The minimum Gasteiger partial charge on any atom is -0.506 e. The van der Waals surface area contributed by atoms with Crippen LogP contribution < -0.4 is 10.5 Å². The number of phenolic OH excluding ortho intramolecular Hbond substituents is 1. The van der Waals surface area contributed by atoms with Crippen molar-refractivity contribution in [3.05, 3.63) is 18.2 Å². The molecule has 1 unspecified atom stereocenters. The molecule has 0 radical (unpaired) electrons. The molecule has 1 aromatic carbocycles. The summed E-state index contributed by atoms with van der Waals surface area (Å²) in [5.74, 6) is -0.103. The molecule has 9 heteroatoms. The Morgan fingerprint density at radius 3 is 2.65 bits per heavy atom. The third-order valence-corrected chi connectivity index (χ3v) is 6.97. The molecular weight excluding hydrogens is 304 g/mol. The largest absolute Gasteiger partial charge is 0.506 e. The normalized spacial score (nSPS) is 21.9. The van der Waals surface area contributed by atoms with E-state index in [1.54, 1.807) is 0 Å². The first kappa shape index (κ1) is 15.1. The van der Waals surface area contributed by atoms with E-state index < -0.39 is 25.1 Å². The number of sulfonamides is 1. The molecule has 0 amide bonds. The van der Waals surface area contributed by atoms with E-state index in [1.165, 1.54) is 12.1 Å². The van der Waals surface area contributed by atoms with Crippen LogP contribution in [-0.2, 0) is 19.9 Å². The molecule has 1 aromatic rings. The van der Waals surface area contributed by atoms with Crippen molar-refractivity contribution in [3.63, 3.8) is 0 Å². The molecule has 1 aliphatic heterocycles. The van der Waals surface area contributed by atoms with E-state index >= 15 is 0 Å². The van der Waals surface area contributed by atoms with Gasteiger partial charge in [0.2, 0.25) is 10.0 Å². The minimum atomic E-state index is -3.84. The maximum Gasteiger partial charge on any atom is 0.240 e. The van der Waals surface area contributed by atoms with Crippen molar-refractivity contribution in [2.45, 2.75) is 23.0 Å². The van der Waals surface area contributed by atoms with E-state index in [9.17, 15) is 21.9 Å². The van der Waals surface area contributed by atoms with E-state index in [2.05, 4.69) is 4.72 Å². The lowest BCUT2D eigenvalue weighted by molar-refractivity contribution is 0.477. The van der Waals surface area contributed by atoms with Gasteiger partial charge in [-0.2, -0.15) is 0 Å². The number of benzene rings is 1.